The molecule has 1 aromatic heterocycles. The zero-order chi connectivity index (χ0) is 9.38. The van der Waals surface area contributed by atoms with Crippen molar-refractivity contribution in [1.82, 2.24) is 9.97 Å². The third kappa shape index (κ3) is 3.95. The normalized spacial score (nSPS) is 13.2. The predicted molar refractivity (Wildman–Crippen MR) is 79.1 cm³/mol. The van der Waals surface area contributed by atoms with Crippen molar-refractivity contribution < 1.29 is 0 Å². The molecule has 1 saturated carbocycles. The molecule has 0 bridgehead atoms. The average Bonchev–Trinajstić information content (AvgIpc) is 2.92. The molecule has 3 rings (SSSR count). The van der Waals surface area contributed by atoms with Crippen molar-refractivity contribution in [2.24, 2.45) is 5.92 Å². The number of rotatable bonds is 3. The van der Waals surface area contributed by atoms with Crippen LogP contribution in [0, 0.1) is 5.92 Å². The monoisotopic (exact) mass is 295 g/mol. The Balaban J connectivity index is 0.000000853. The van der Waals surface area contributed by atoms with Crippen LogP contribution in [0.3, 0.4) is 0 Å². The van der Waals surface area contributed by atoms with Gasteiger partial charge in [0, 0.05) is 12.2 Å². The minimum Gasteiger partial charge on any atom is -0.385 e. The number of fused-ring (bicyclic) bond motifs is 1. The van der Waals surface area contributed by atoms with Gasteiger partial charge in [-0.3, -0.25) is 0 Å². The maximum atomic E-state index is 4.18. The molecule has 0 aliphatic heterocycles. The SMILES string of the molecule is Cl.Cl.Cl.c1nc2ccc(NCC3CC3)cc2[nH]1. The van der Waals surface area contributed by atoms with Crippen LogP contribution in [-0.4, -0.2) is 16.5 Å². The van der Waals surface area contributed by atoms with Gasteiger partial charge in [-0.05, 0) is 37.0 Å². The van der Waals surface area contributed by atoms with E-state index in [0.717, 1.165) is 23.5 Å². The van der Waals surface area contributed by atoms with Crippen molar-refractivity contribution in [3.05, 3.63) is 24.5 Å². The first-order valence-electron chi connectivity index (χ1n) is 5.09. The quantitative estimate of drug-likeness (QED) is 0.907. The molecule has 2 N–H and O–H groups in total. The number of anilines is 1. The standard InChI is InChI=1S/C11H13N3.3ClH/c1-2-8(1)6-12-9-3-4-10-11(5-9)14-7-13-10;;;/h3-5,7-8,12H,1-2,6H2,(H,13,14);3*1H. The van der Waals surface area contributed by atoms with E-state index in [2.05, 4.69) is 27.4 Å². The van der Waals surface area contributed by atoms with Crippen molar-refractivity contribution in [3.8, 4) is 0 Å². The summed E-state index contributed by atoms with van der Waals surface area (Å²) in [5.74, 6) is 0.910. The number of hydrogen-bond acceptors (Lipinski definition) is 2. The van der Waals surface area contributed by atoms with Crippen LogP contribution in [0.1, 0.15) is 12.8 Å². The molecule has 0 radical (unpaired) electrons. The van der Waals surface area contributed by atoms with Gasteiger partial charge in [0.1, 0.15) is 0 Å². The highest BCUT2D eigenvalue weighted by atomic mass is 35.5. The number of benzene rings is 1. The Labute approximate surface area is 119 Å². The first-order chi connectivity index (χ1) is 6.92. The number of nitrogens with one attached hydrogen (secondary N) is 2. The number of hydrogen-bond donors (Lipinski definition) is 2. The van der Waals surface area contributed by atoms with E-state index < -0.39 is 0 Å². The van der Waals surface area contributed by atoms with Gasteiger partial charge in [-0.15, -0.1) is 37.2 Å². The second-order valence-corrected chi connectivity index (χ2v) is 3.96. The van der Waals surface area contributed by atoms with Crippen LogP contribution >= 0.6 is 37.2 Å². The van der Waals surface area contributed by atoms with E-state index in [1.807, 2.05) is 6.07 Å². The van der Waals surface area contributed by atoms with Crippen LogP contribution in [0.2, 0.25) is 0 Å². The topological polar surface area (TPSA) is 40.7 Å². The summed E-state index contributed by atoms with van der Waals surface area (Å²) in [4.78, 5) is 7.30. The summed E-state index contributed by atoms with van der Waals surface area (Å²) in [6, 6.07) is 6.25. The van der Waals surface area contributed by atoms with Gasteiger partial charge in [-0.1, -0.05) is 0 Å². The summed E-state index contributed by atoms with van der Waals surface area (Å²) in [6.07, 6.45) is 4.51. The number of aromatic nitrogens is 2. The first kappa shape index (κ1) is 16.4. The molecule has 3 nitrogen and oxygen atoms in total. The molecule has 96 valence electrons. The molecule has 17 heavy (non-hydrogen) atoms. The van der Waals surface area contributed by atoms with Crippen molar-refractivity contribution in [1.29, 1.82) is 0 Å². The second kappa shape index (κ2) is 6.94. The molecule has 0 unspecified atom stereocenters. The molecular formula is C11H16Cl3N3. The number of H-pyrrole nitrogens is 1. The van der Waals surface area contributed by atoms with E-state index in [4.69, 9.17) is 0 Å². The molecule has 1 heterocycles. The maximum Gasteiger partial charge on any atom is 0.0931 e. The van der Waals surface area contributed by atoms with Crippen molar-refractivity contribution in [3.63, 3.8) is 0 Å². The molecule has 1 aromatic carbocycles. The Morgan fingerprint density at radius 3 is 2.71 bits per heavy atom. The highest BCUT2D eigenvalue weighted by Gasteiger charge is 2.20. The van der Waals surface area contributed by atoms with Crippen molar-refractivity contribution in [2.45, 2.75) is 12.8 Å². The smallest absolute Gasteiger partial charge is 0.0931 e. The average molecular weight is 297 g/mol. The van der Waals surface area contributed by atoms with Gasteiger partial charge in [0.25, 0.3) is 0 Å². The fraction of sp³-hybridized carbons (Fsp3) is 0.364. The van der Waals surface area contributed by atoms with E-state index in [-0.39, 0.29) is 37.2 Å². The summed E-state index contributed by atoms with van der Waals surface area (Å²) in [5.41, 5.74) is 3.32. The Kier molecular flexibility index (Phi) is 6.68. The molecule has 1 aliphatic rings. The summed E-state index contributed by atoms with van der Waals surface area (Å²) >= 11 is 0. The Hall–Kier alpha value is -0.640. The van der Waals surface area contributed by atoms with Crippen LogP contribution in [0.25, 0.3) is 11.0 Å². The van der Waals surface area contributed by atoms with Gasteiger partial charge in [0.2, 0.25) is 0 Å². The third-order valence-corrected chi connectivity index (χ3v) is 2.71. The zero-order valence-electron chi connectivity index (χ0n) is 9.18. The number of imidazole rings is 1. The lowest BCUT2D eigenvalue weighted by molar-refractivity contribution is 0.889. The largest absolute Gasteiger partial charge is 0.385 e. The lowest BCUT2D eigenvalue weighted by Gasteiger charge is -2.04. The minimum atomic E-state index is 0. The van der Waals surface area contributed by atoms with E-state index >= 15 is 0 Å². The molecule has 2 aromatic rings. The number of nitrogens with zero attached hydrogens (tertiary/aromatic N) is 1. The predicted octanol–water partition coefficient (Wildman–Crippen LogP) is 3.65. The zero-order valence-corrected chi connectivity index (χ0v) is 11.6. The Morgan fingerprint density at radius 1 is 1.24 bits per heavy atom. The van der Waals surface area contributed by atoms with Crippen molar-refractivity contribution >= 4 is 53.9 Å². The number of halogens is 3. The second-order valence-electron chi connectivity index (χ2n) is 3.96. The minimum absolute atomic E-state index is 0. The van der Waals surface area contributed by atoms with Crippen LogP contribution in [0.15, 0.2) is 24.5 Å². The van der Waals surface area contributed by atoms with E-state index in [1.165, 1.54) is 18.5 Å². The maximum absolute atomic E-state index is 4.18. The molecule has 1 aliphatic carbocycles. The van der Waals surface area contributed by atoms with E-state index in [0.29, 0.717) is 0 Å². The summed E-state index contributed by atoms with van der Waals surface area (Å²) < 4.78 is 0. The summed E-state index contributed by atoms with van der Waals surface area (Å²) in [6.45, 7) is 1.11. The third-order valence-electron chi connectivity index (χ3n) is 2.71. The molecule has 0 spiro atoms. The highest BCUT2D eigenvalue weighted by Crippen LogP contribution is 2.29. The van der Waals surface area contributed by atoms with Gasteiger partial charge in [-0.25, -0.2) is 4.98 Å². The van der Waals surface area contributed by atoms with Gasteiger partial charge >= 0.3 is 0 Å². The lowest BCUT2D eigenvalue weighted by atomic mass is 10.2. The van der Waals surface area contributed by atoms with Crippen LogP contribution in [-0.2, 0) is 0 Å². The van der Waals surface area contributed by atoms with Gasteiger partial charge in [0.15, 0.2) is 0 Å². The molecule has 0 atom stereocenters. The Bertz CT molecular complexity index is 454. The molecule has 0 saturated heterocycles. The lowest BCUT2D eigenvalue weighted by Crippen LogP contribution is -2.02. The summed E-state index contributed by atoms with van der Waals surface area (Å²) in [7, 11) is 0. The Morgan fingerprint density at radius 2 is 2.00 bits per heavy atom. The van der Waals surface area contributed by atoms with Crippen LogP contribution in [0.5, 0.6) is 0 Å². The van der Waals surface area contributed by atoms with Crippen LogP contribution < -0.4 is 5.32 Å². The molecule has 1 fully saturated rings. The van der Waals surface area contributed by atoms with Crippen molar-refractivity contribution in [2.75, 3.05) is 11.9 Å². The molecular weight excluding hydrogens is 281 g/mol. The van der Waals surface area contributed by atoms with Gasteiger partial charge in [-0.2, -0.15) is 0 Å². The van der Waals surface area contributed by atoms with E-state index in [9.17, 15) is 0 Å². The molecule has 0 amide bonds. The van der Waals surface area contributed by atoms with Gasteiger partial charge < -0.3 is 10.3 Å². The fourth-order valence-electron chi connectivity index (χ4n) is 1.63. The van der Waals surface area contributed by atoms with Gasteiger partial charge in [0.05, 0.1) is 17.4 Å². The van der Waals surface area contributed by atoms with Crippen LogP contribution in [0.4, 0.5) is 5.69 Å². The summed E-state index contributed by atoms with van der Waals surface area (Å²) in [5, 5.41) is 3.44. The number of aromatic amines is 1. The first-order valence-corrected chi connectivity index (χ1v) is 5.09. The highest BCUT2D eigenvalue weighted by molar-refractivity contribution is 5.86. The fourth-order valence-corrected chi connectivity index (χ4v) is 1.63. The van der Waals surface area contributed by atoms with E-state index in [1.54, 1.807) is 6.33 Å². The molecule has 6 heteroatoms.